The van der Waals surface area contributed by atoms with Gasteiger partial charge in [0.15, 0.2) is 6.29 Å². The summed E-state index contributed by atoms with van der Waals surface area (Å²) in [5.41, 5.74) is 13.9. The van der Waals surface area contributed by atoms with Gasteiger partial charge >= 0.3 is 0 Å². The van der Waals surface area contributed by atoms with Gasteiger partial charge < -0.3 is 31.9 Å². The second-order valence-corrected chi connectivity index (χ2v) is 4.59. The minimum atomic E-state index is -2.02. The number of hydrogen-bond donors (Lipinski definition) is 7. The van der Waals surface area contributed by atoms with E-state index in [4.69, 9.17) is 21.7 Å². The van der Waals surface area contributed by atoms with Gasteiger partial charge in [-0.05, 0) is 29.7 Å². The van der Waals surface area contributed by atoms with Crippen LogP contribution >= 0.6 is 0 Å². The number of benzene rings is 1. The number of nitrogen functional groups attached to an aromatic ring is 2. The van der Waals surface area contributed by atoms with Gasteiger partial charge in [0.25, 0.3) is 0 Å². The highest BCUT2D eigenvalue weighted by Gasteiger charge is 2.17. The van der Waals surface area contributed by atoms with E-state index in [9.17, 15) is 10.2 Å². The Labute approximate surface area is 111 Å². The molecule has 0 aromatic heterocycles. The summed E-state index contributed by atoms with van der Waals surface area (Å²) in [5, 5.41) is 38.8. The maximum atomic E-state index is 9.24. The Morgan fingerprint density at radius 3 is 2.16 bits per heavy atom. The van der Waals surface area contributed by atoms with Gasteiger partial charge in [-0.2, -0.15) is 0 Å². The van der Waals surface area contributed by atoms with E-state index in [1.807, 2.05) is 0 Å². The zero-order valence-electron chi connectivity index (χ0n) is 10.8. The second-order valence-electron chi connectivity index (χ2n) is 4.59. The first-order valence-electron chi connectivity index (χ1n) is 5.92. The third-order valence-corrected chi connectivity index (χ3v) is 2.76. The Kier molecular flexibility index (Phi) is 5.10. The van der Waals surface area contributed by atoms with E-state index in [1.54, 1.807) is 12.1 Å². The summed E-state index contributed by atoms with van der Waals surface area (Å²) < 4.78 is 0. The van der Waals surface area contributed by atoms with E-state index in [-0.39, 0.29) is 13.0 Å². The Hall–Kier alpha value is -1.38. The molecule has 7 heteroatoms. The summed E-state index contributed by atoms with van der Waals surface area (Å²) in [7, 11) is 0. The van der Waals surface area contributed by atoms with Crippen LogP contribution in [0.15, 0.2) is 12.1 Å². The Balaban J connectivity index is 2.96. The molecule has 1 rings (SSSR count). The van der Waals surface area contributed by atoms with Crippen LogP contribution in [0.25, 0.3) is 0 Å². The molecule has 0 bridgehead atoms. The molecule has 19 heavy (non-hydrogen) atoms. The number of anilines is 2. The molecule has 0 aliphatic rings. The van der Waals surface area contributed by atoms with Crippen LogP contribution in [0.4, 0.5) is 11.4 Å². The monoisotopic (exact) mass is 271 g/mol. The van der Waals surface area contributed by atoms with Gasteiger partial charge in [0.05, 0.1) is 0 Å². The molecule has 9 N–H and O–H groups in total. The van der Waals surface area contributed by atoms with Crippen LogP contribution < -0.4 is 16.8 Å². The van der Waals surface area contributed by atoms with Crippen molar-refractivity contribution in [2.45, 2.75) is 38.5 Å². The third-order valence-electron chi connectivity index (χ3n) is 2.76. The molecule has 0 spiro atoms. The maximum absolute atomic E-state index is 9.24. The zero-order valence-corrected chi connectivity index (χ0v) is 10.8. The minimum Gasteiger partial charge on any atom is -0.398 e. The van der Waals surface area contributed by atoms with Gasteiger partial charge in [-0.1, -0.05) is 0 Å². The molecule has 0 fully saturated rings. The molecule has 1 aromatic carbocycles. The first-order chi connectivity index (χ1) is 8.70. The summed E-state index contributed by atoms with van der Waals surface area (Å²) >= 11 is 0. The highest BCUT2D eigenvalue weighted by molar-refractivity contribution is 5.62. The molecule has 0 amide bonds. The van der Waals surface area contributed by atoms with Gasteiger partial charge in [0.2, 0.25) is 5.91 Å². The molecular weight excluding hydrogens is 250 g/mol. The SMILES string of the molecule is CC(O)(O)NCc1c(N)ccc(N)c1CCC(O)O. The molecule has 0 aliphatic heterocycles. The summed E-state index contributed by atoms with van der Waals surface area (Å²) in [6.45, 7) is 1.30. The summed E-state index contributed by atoms with van der Waals surface area (Å²) in [6.07, 6.45) is -0.974. The molecule has 0 aliphatic carbocycles. The molecule has 0 radical (unpaired) electrons. The molecule has 0 unspecified atom stereocenters. The Morgan fingerprint density at radius 1 is 1.16 bits per heavy atom. The maximum Gasteiger partial charge on any atom is 0.219 e. The average molecular weight is 271 g/mol. The first kappa shape index (κ1) is 15.7. The molecule has 0 saturated carbocycles. The lowest BCUT2D eigenvalue weighted by molar-refractivity contribution is -0.170. The van der Waals surface area contributed by atoms with Crippen molar-refractivity contribution in [1.29, 1.82) is 0 Å². The fourth-order valence-electron chi connectivity index (χ4n) is 1.76. The summed E-state index contributed by atoms with van der Waals surface area (Å²) in [4.78, 5) is 0. The quantitative estimate of drug-likeness (QED) is 0.255. The van der Waals surface area contributed by atoms with Gasteiger partial charge in [-0.25, -0.2) is 0 Å². The summed E-state index contributed by atoms with van der Waals surface area (Å²) in [6, 6.07) is 3.26. The van der Waals surface area contributed by atoms with E-state index < -0.39 is 12.2 Å². The number of nitrogens with one attached hydrogen (secondary N) is 1. The van der Waals surface area contributed by atoms with Gasteiger partial charge in [-0.3, -0.25) is 5.32 Å². The third kappa shape index (κ3) is 5.01. The van der Waals surface area contributed by atoms with Crippen molar-refractivity contribution in [3.8, 4) is 0 Å². The van der Waals surface area contributed by atoms with E-state index in [0.29, 0.717) is 28.9 Å². The highest BCUT2D eigenvalue weighted by atomic mass is 16.5. The van der Waals surface area contributed by atoms with Crippen LogP contribution in [0.1, 0.15) is 24.5 Å². The second kappa shape index (κ2) is 6.18. The average Bonchev–Trinajstić information content (AvgIpc) is 2.27. The number of rotatable bonds is 6. The van der Waals surface area contributed by atoms with E-state index in [2.05, 4.69) is 5.32 Å². The van der Waals surface area contributed by atoms with Crippen LogP contribution in [0.2, 0.25) is 0 Å². The molecule has 108 valence electrons. The largest absolute Gasteiger partial charge is 0.398 e. The predicted molar refractivity (Wildman–Crippen MR) is 71.5 cm³/mol. The standard InChI is InChI=1S/C12H21N3O4/c1-12(18,19)15-6-8-7(2-5-11(16)17)9(13)3-4-10(8)14/h3-4,11,15-19H,2,5-6,13-14H2,1H3. The molecule has 0 heterocycles. The first-order valence-corrected chi connectivity index (χ1v) is 5.92. The topological polar surface area (TPSA) is 145 Å². The predicted octanol–water partition coefficient (Wildman–Crippen LogP) is -1.16. The molecule has 7 nitrogen and oxygen atoms in total. The van der Waals surface area contributed by atoms with Crippen molar-refractivity contribution in [2.24, 2.45) is 0 Å². The molecule has 0 atom stereocenters. The number of hydrogen-bond acceptors (Lipinski definition) is 7. The van der Waals surface area contributed by atoms with Crippen LogP contribution in [0, 0.1) is 0 Å². The Morgan fingerprint density at radius 2 is 1.68 bits per heavy atom. The van der Waals surface area contributed by atoms with Crippen LogP contribution in [-0.2, 0) is 13.0 Å². The fourth-order valence-corrected chi connectivity index (χ4v) is 1.76. The van der Waals surface area contributed by atoms with Crippen molar-refractivity contribution in [2.75, 3.05) is 11.5 Å². The molecule has 1 aromatic rings. The normalized spacial score (nSPS) is 12.1. The molecule has 0 saturated heterocycles. The van der Waals surface area contributed by atoms with Crippen molar-refractivity contribution in [3.05, 3.63) is 23.3 Å². The van der Waals surface area contributed by atoms with Crippen molar-refractivity contribution in [1.82, 2.24) is 5.32 Å². The lowest BCUT2D eigenvalue weighted by atomic mass is 9.98. The van der Waals surface area contributed by atoms with Crippen molar-refractivity contribution in [3.63, 3.8) is 0 Å². The fraction of sp³-hybridized carbons (Fsp3) is 0.500. The lowest BCUT2D eigenvalue weighted by Gasteiger charge is -2.21. The van der Waals surface area contributed by atoms with E-state index >= 15 is 0 Å². The van der Waals surface area contributed by atoms with Gasteiger partial charge in [0, 0.05) is 31.3 Å². The number of aliphatic hydroxyl groups is 4. The Bertz CT molecular complexity index is 430. The smallest absolute Gasteiger partial charge is 0.219 e. The van der Waals surface area contributed by atoms with Crippen LogP contribution in [-0.4, -0.2) is 32.6 Å². The highest BCUT2D eigenvalue weighted by Crippen LogP contribution is 2.25. The van der Waals surface area contributed by atoms with Crippen LogP contribution in [0.3, 0.4) is 0 Å². The number of aliphatic hydroxyl groups excluding tert-OH is 1. The lowest BCUT2D eigenvalue weighted by Crippen LogP contribution is -2.41. The van der Waals surface area contributed by atoms with Crippen LogP contribution in [0.5, 0.6) is 0 Å². The molecular formula is C12H21N3O4. The van der Waals surface area contributed by atoms with Crippen molar-refractivity contribution < 1.29 is 20.4 Å². The van der Waals surface area contributed by atoms with Gasteiger partial charge in [0.1, 0.15) is 0 Å². The minimum absolute atomic E-state index is 0.108. The van der Waals surface area contributed by atoms with Crippen molar-refractivity contribution >= 4 is 11.4 Å². The van der Waals surface area contributed by atoms with E-state index in [1.165, 1.54) is 6.92 Å². The number of nitrogens with two attached hydrogens (primary N) is 2. The van der Waals surface area contributed by atoms with Gasteiger partial charge in [-0.15, -0.1) is 0 Å². The summed E-state index contributed by atoms with van der Waals surface area (Å²) in [5.74, 6) is -2.02. The zero-order chi connectivity index (χ0) is 14.6. The van der Waals surface area contributed by atoms with E-state index in [0.717, 1.165) is 0 Å².